The molecule has 0 saturated heterocycles. The van der Waals surface area contributed by atoms with Gasteiger partial charge in [-0.25, -0.2) is 0 Å². The molecule has 1 N–H and O–H groups in total. The Bertz CT molecular complexity index is 1110. The summed E-state index contributed by atoms with van der Waals surface area (Å²) in [6, 6.07) is 24.9. The number of amides is 1. The minimum atomic E-state index is -0.137. The molecule has 4 aromatic rings. The third kappa shape index (κ3) is 4.73. The van der Waals surface area contributed by atoms with Gasteiger partial charge < -0.3 is 9.73 Å². The lowest BCUT2D eigenvalue weighted by atomic mass is 10.1. The van der Waals surface area contributed by atoms with Crippen LogP contribution in [0.2, 0.25) is 0 Å². The Morgan fingerprint density at radius 2 is 1.66 bits per heavy atom. The molecular formula is C23H19N3O2S. The molecule has 6 heteroatoms. The van der Waals surface area contributed by atoms with Gasteiger partial charge >= 0.3 is 0 Å². The molecule has 144 valence electrons. The van der Waals surface area contributed by atoms with Gasteiger partial charge in [0.1, 0.15) is 0 Å². The van der Waals surface area contributed by atoms with Crippen LogP contribution in [0, 0.1) is 6.92 Å². The third-order valence-electron chi connectivity index (χ3n) is 4.29. The smallest absolute Gasteiger partial charge is 0.255 e. The lowest BCUT2D eigenvalue weighted by Gasteiger charge is -2.10. The molecule has 0 aliphatic rings. The molecule has 0 aliphatic carbocycles. The molecule has 0 saturated carbocycles. The van der Waals surface area contributed by atoms with Crippen LogP contribution in [0.4, 0.5) is 5.69 Å². The van der Waals surface area contributed by atoms with Crippen LogP contribution in [-0.4, -0.2) is 16.1 Å². The lowest BCUT2D eigenvalue weighted by molar-refractivity contribution is 0.102. The molecule has 0 atom stereocenters. The Kier molecular flexibility index (Phi) is 5.72. The number of thioether (sulfide) groups is 1. The molecule has 0 aliphatic heterocycles. The molecule has 0 spiro atoms. The normalized spacial score (nSPS) is 10.7. The van der Waals surface area contributed by atoms with E-state index in [4.69, 9.17) is 4.42 Å². The highest BCUT2D eigenvalue weighted by atomic mass is 32.2. The number of aryl methyl sites for hydroxylation is 1. The highest BCUT2D eigenvalue weighted by molar-refractivity contribution is 7.98. The summed E-state index contributed by atoms with van der Waals surface area (Å²) in [6.07, 6.45) is 0. The Labute approximate surface area is 173 Å². The van der Waals surface area contributed by atoms with Crippen molar-refractivity contribution in [2.75, 3.05) is 5.32 Å². The Balaban J connectivity index is 1.44. The van der Waals surface area contributed by atoms with Crippen LogP contribution in [0.25, 0.3) is 11.5 Å². The molecule has 1 aromatic heterocycles. The molecule has 0 fully saturated rings. The quantitative estimate of drug-likeness (QED) is 0.427. The number of carbonyl (C=O) groups excluding carboxylic acids is 1. The Hall–Kier alpha value is -3.38. The number of nitrogens with zero attached hydrogens (tertiary/aromatic N) is 2. The minimum absolute atomic E-state index is 0.137. The summed E-state index contributed by atoms with van der Waals surface area (Å²) in [6.45, 7) is 1.99. The molecule has 29 heavy (non-hydrogen) atoms. The van der Waals surface area contributed by atoms with Crippen molar-refractivity contribution in [1.29, 1.82) is 0 Å². The molecule has 5 nitrogen and oxygen atoms in total. The van der Waals surface area contributed by atoms with Gasteiger partial charge in [0.25, 0.3) is 5.91 Å². The summed E-state index contributed by atoms with van der Waals surface area (Å²) in [5.41, 5.74) is 3.39. The topological polar surface area (TPSA) is 68.0 Å². The van der Waals surface area contributed by atoms with Gasteiger partial charge in [0, 0.05) is 16.0 Å². The third-order valence-corrected chi connectivity index (χ3v) is 5.35. The van der Waals surface area contributed by atoms with Crippen molar-refractivity contribution in [3.63, 3.8) is 0 Å². The van der Waals surface area contributed by atoms with Crippen LogP contribution in [0.3, 0.4) is 0 Å². The van der Waals surface area contributed by atoms with Crippen molar-refractivity contribution in [2.24, 2.45) is 0 Å². The number of carbonyl (C=O) groups is 1. The number of nitrogens with one attached hydrogen (secondary N) is 1. The van der Waals surface area contributed by atoms with Crippen LogP contribution >= 0.6 is 11.8 Å². The fourth-order valence-electron chi connectivity index (χ4n) is 2.74. The zero-order chi connectivity index (χ0) is 20.1. The summed E-state index contributed by atoms with van der Waals surface area (Å²) >= 11 is 1.54. The molecule has 3 aromatic carbocycles. The van der Waals surface area contributed by atoms with E-state index in [0.29, 0.717) is 23.1 Å². The predicted octanol–water partition coefficient (Wildman–Crippen LogP) is 5.59. The minimum Gasteiger partial charge on any atom is -0.420 e. The number of hydrogen-bond donors (Lipinski definition) is 1. The zero-order valence-electron chi connectivity index (χ0n) is 15.8. The van der Waals surface area contributed by atoms with E-state index in [9.17, 15) is 4.79 Å². The largest absolute Gasteiger partial charge is 0.420 e. The van der Waals surface area contributed by atoms with E-state index < -0.39 is 0 Å². The average Bonchev–Trinajstić information content (AvgIpc) is 3.23. The first-order valence-electron chi connectivity index (χ1n) is 9.17. The second-order valence-corrected chi connectivity index (χ2v) is 7.49. The maximum atomic E-state index is 12.6. The number of benzene rings is 3. The summed E-state index contributed by atoms with van der Waals surface area (Å²) < 4.78 is 5.76. The Morgan fingerprint density at radius 1 is 0.931 bits per heavy atom. The van der Waals surface area contributed by atoms with Crippen molar-refractivity contribution >= 4 is 23.4 Å². The summed E-state index contributed by atoms with van der Waals surface area (Å²) in [7, 11) is 0. The molecular weight excluding hydrogens is 382 g/mol. The SMILES string of the molecule is Cc1ccc(C(=O)Nc2ccccc2SCc2nnc(-c3ccccc3)o2)cc1. The van der Waals surface area contributed by atoms with Crippen molar-refractivity contribution in [1.82, 2.24) is 10.2 Å². The van der Waals surface area contributed by atoms with Gasteiger partial charge in [-0.15, -0.1) is 22.0 Å². The van der Waals surface area contributed by atoms with Gasteiger partial charge in [-0.3, -0.25) is 4.79 Å². The average molecular weight is 401 g/mol. The molecule has 0 bridgehead atoms. The van der Waals surface area contributed by atoms with Gasteiger partial charge in [-0.2, -0.15) is 0 Å². The van der Waals surface area contributed by atoms with Gasteiger partial charge in [-0.1, -0.05) is 48.0 Å². The second-order valence-electron chi connectivity index (χ2n) is 6.47. The molecule has 1 amide bonds. The van der Waals surface area contributed by atoms with Crippen LogP contribution in [-0.2, 0) is 5.75 Å². The van der Waals surface area contributed by atoms with Gasteiger partial charge in [-0.05, 0) is 43.3 Å². The number of rotatable bonds is 6. The first-order chi connectivity index (χ1) is 14.2. The fourth-order valence-corrected chi connectivity index (χ4v) is 3.59. The van der Waals surface area contributed by atoms with E-state index in [1.165, 1.54) is 11.8 Å². The summed E-state index contributed by atoms with van der Waals surface area (Å²) in [5.74, 6) is 1.41. The van der Waals surface area contributed by atoms with Crippen LogP contribution in [0.1, 0.15) is 21.8 Å². The molecule has 0 radical (unpaired) electrons. The lowest BCUT2D eigenvalue weighted by Crippen LogP contribution is -2.12. The standard InChI is InChI=1S/C23H19N3O2S/c1-16-11-13-17(14-12-16)22(27)24-19-9-5-6-10-20(19)29-15-21-25-26-23(28-21)18-7-3-2-4-8-18/h2-14H,15H2,1H3,(H,24,27). The Morgan fingerprint density at radius 3 is 2.45 bits per heavy atom. The second kappa shape index (κ2) is 8.75. The number of para-hydroxylation sites is 1. The van der Waals surface area contributed by atoms with Crippen LogP contribution in [0.5, 0.6) is 0 Å². The first kappa shape index (κ1) is 19.0. The van der Waals surface area contributed by atoms with E-state index in [-0.39, 0.29) is 5.91 Å². The highest BCUT2D eigenvalue weighted by Gasteiger charge is 2.12. The maximum Gasteiger partial charge on any atom is 0.255 e. The van der Waals surface area contributed by atoms with E-state index in [2.05, 4.69) is 15.5 Å². The van der Waals surface area contributed by atoms with E-state index in [1.807, 2.05) is 85.8 Å². The van der Waals surface area contributed by atoms with Gasteiger partial charge in [0.2, 0.25) is 11.8 Å². The molecule has 0 unspecified atom stereocenters. The van der Waals surface area contributed by atoms with Crippen LogP contribution in [0.15, 0.2) is 88.2 Å². The van der Waals surface area contributed by atoms with Crippen molar-refractivity contribution in [3.05, 3.63) is 95.9 Å². The zero-order valence-corrected chi connectivity index (χ0v) is 16.6. The predicted molar refractivity (Wildman–Crippen MR) is 115 cm³/mol. The van der Waals surface area contributed by atoms with E-state index >= 15 is 0 Å². The van der Waals surface area contributed by atoms with E-state index in [1.54, 1.807) is 0 Å². The highest BCUT2D eigenvalue weighted by Crippen LogP contribution is 2.30. The summed E-state index contributed by atoms with van der Waals surface area (Å²) in [4.78, 5) is 13.5. The first-order valence-corrected chi connectivity index (χ1v) is 10.2. The maximum absolute atomic E-state index is 12.6. The van der Waals surface area contributed by atoms with Gasteiger partial charge in [0.15, 0.2) is 0 Å². The van der Waals surface area contributed by atoms with Crippen LogP contribution < -0.4 is 5.32 Å². The molecule has 1 heterocycles. The number of hydrogen-bond acceptors (Lipinski definition) is 5. The monoisotopic (exact) mass is 401 g/mol. The van der Waals surface area contributed by atoms with Crippen molar-refractivity contribution < 1.29 is 9.21 Å². The summed E-state index contributed by atoms with van der Waals surface area (Å²) in [5, 5.41) is 11.2. The van der Waals surface area contributed by atoms with Gasteiger partial charge in [0.05, 0.1) is 11.4 Å². The fraction of sp³-hybridized carbons (Fsp3) is 0.0870. The number of anilines is 1. The molecule has 4 rings (SSSR count). The van der Waals surface area contributed by atoms with E-state index in [0.717, 1.165) is 21.7 Å². The van der Waals surface area contributed by atoms with Crippen molar-refractivity contribution in [2.45, 2.75) is 17.6 Å². The van der Waals surface area contributed by atoms with Crippen molar-refractivity contribution in [3.8, 4) is 11.5 Å². The number of aromatic nitrogens is 2.